The molecule has 0 unspecified atom stereocenters. The number of carbonyl (C=O) groups is 2. The molecule has 0 atom stereocenters. The summed E-state index contributed by atoms with van der Waals surface area (Å²) >= 11 is 0. The van der Waals surface area contributed by atoms with Crippen LogP contribution in [0.4, 0.5) is 16.3 Å². The number of aryl methyl sites for hydroxylation is 1. The minimum absolute atomic E-state index is 0.0904. The molecule has 1 aliphatic carbocycles. The van der Waals surface area contributed by atoms with Gasteiger partial charge in [0.15, 0.2) is 5.82 Å². The van der Waals surface area contributed by atoms with Gasteiger partial charge in [0.05, 0.1) is 17.8 Å². The number of aromatic amines is 1. The van der Waals surface area contributed by atoms with Crippen molar-refractivity contribution >= 4 is 31.5 Å². The van der Waals surface area contributed by atoms with Crippen molar-refractivity contribution in [1.82, 2.24) is 15.1 Å². The number of benzene rings is 1. The molecule has 0 spiro atoms. The summed E-state index contributed by atoms with van der Waals surface area (Å²) in [4.78, 5) is 28.1. The number of hydrogen-bond acceptors (Lipinski definition) is 3. The molecule has 31 heavy (non-hydrogen) atoms. The van der Waals surface area contributed by atoms with Crippen LogP contribution in [0.2, 0.25) is 24.7 Å². The molecule has 1 aliphatic heterocycles. The van der Waals surface area contributed by atoms with E-state index >= 15 is 0 Å². The topological polar surface area (TPSA) is 90.1 Å². The first-order valence-corrected chi connectivity index (χ1v) is 14.5. The first-order valence-electron chi connectivity index (χ1n) is 11.0. The van der Waals surface area contributed by atoms with Gasteiger partial charge in [0.2, 0.25) is 5.91 Å². The van der Waals surface area contributed by atoms with Gasteiger partial charge in [0.25, 0.3) is 0 Å². The average Bonchev–Trinajstić information content (AvgIpc) is 3.13. The van der Waals surface area contributed by atoms with Crippen molar-refractivity contribution < 1.29 is 9.59 Å². The molecular formula is C23H33N5O2Si-. The van der Waals surface area contributed by atoms with Crippen LogP contribution in [0.3, 0.4) is 0 Å². The van der Waals surface area contributed by atoms with Crippen molar-refractivity contribution in [2.75, 3.05) is 10.6 Å². The van der Waals surface area contributed by atoms with Crippen LogP contribution in [-0.4, -0.2) is 35.1 Å². The Balaban J connectivity index is 1.53. The number of fused-ring (bicyclic) bond motifs is 1. The fourth-order valence-corrected chi connectivity index (χ4v) is 7.45. The zero-order valence-corrected chi connectivity index (χ0v) is 20.3. The molecule has 2 aliphatic rings. The number of anilines is 2. The van der Waals surface area contributed by atoms with Gasteiger partial charge in [0.1, 0.15) is 0 Å². The Kier molecular flexibility index (Phi) is 5.03. The van der Waals surface area contributed by atoms with E-state index in [0.717, 1.165) is 41.8 Å². The first-order chi connectivity index (χ1) is 14.5. The number of hydrogen-bond donors (Lipinski definition) is 3. The summed E-state index contributed by atoms with van der Waals surface area (Å²) in [5.74, 6) is 0.649. The molecule has 0 bridgehead atoms. The molecule has 1 aromatic carbocycles. The Hall–Kier alpha value is -2.61. The predicted octanol–water partition coefficient (Wildman–Crippen LogP) is 5.20. The molecule has 1 fully saturated rings. The van der Waals surface area contributed by atoms with Gasteiger partial charge in [-0.1, -0.05) is 42.0 Å². The van der Waals surface area contributed by atoms with E-state index in [0.29, 0.717) is 12.4 Å². The number of aromatic nitrogens is 2. The summed E-state index contributed by atoms with van der Waals surface area (Å²) in [5, 5.41) is 13.4. The highest BCUT2D eigenvalue weighted by Crippen LogP contribution is 2.56. The van der Waals surface area contributed by atoms with Crippen LogP contribution in [-0.2, 0) is 16.9 Å². The van der Waals surface area contributed by atoms with Crippen LogP contribution in [0.15, 0.2) is 24.3 Å². The fraction of sp³-hybridized carbons (Fsp3) is 0.522. The van der Waals surface area contributed by atoms with Gasteiger partial charge in [-0.3, -0.25) is 9.89 Å². The number of rotatable bonds is 4. The van der Waals surface area contributed by atoms with Crippen LogP contribution < -0.4 is 10.6 Å². The second kappa shape index (κ2) is 7.22. The van der Waals surface area contributed by atoms with E-state index in [4.69, 9.17) is 0 Å². The van der Waals surface area contributed by atoms with E-state index in [1.54, 1.807) is 4.90 Å². The van der Waals surface area contributed by atoms with E-state index in [1.807, 2.05) is 45.0 Å². The van der Waals surface area contributed by atoms with Crippen LogP contribution in [0.1, 0.15) is 49.9 Å². The van der Waals surface area contributed by atoms with E-state index in [1.165, 1.54) is 0 Å². The highest BCUT2D eigenvalue weighted by Gasteiger charge is 2.47. The minimum atomic E-state index is -1.68. The summed E-state index contributed by atoms with van der Waals surface area (Å²) in [7, 11) is -1.68. The normalized spacial score (nSPS) is 18.8. The number of amides is 3. The lowest BCUT2D eigenvalue weighted by atomic mass is 9.83. The summed E-state index contributed by atoms with van der Waals surface area (Å²) in [6, 6.07) is 7.57. The highest BCUT2D eigenvalue weighted by molar-refractivity contribution is 6.83. The van der Waals surface area contributed by atoms with Crippen LogP contribution >= 0.6 is 0 Å². The number of nitrogens with one attached hydrogen (secondary N) is 3. The molecule has 2 heterocycles. The van der Waals surface area contributed by atoms with E-state index in [-0.39, 0.29) is 17.0 Å². The maximum atomic E-state index is 13.3. The predicted molar refractivity (Wildman–Crippen MR) is 126 cm³/mol. The van der Waals surface area contributed by atoms with Crippen LogP contribution in [0.25, 0.3) is 0 Å². The first kappa shape index (κ1) is 21.6. The molecule has 3 amide bonds. The maximum Gasteiger partial charge on any atom is 0.322 e. The van der Waals surface area contributed by atoms with Crippen molar-refractivity contribution in [3.05, 3.63) is 41.1 Å². The lowest BCUT2D eigenvalue weighted by Crippen LogP contribution is -2.52. The minimum Gasteiger partial charge on any atom is -0.311 e. The molecule has 1 aromatic heterocycles. The lowest BCUT2D eigenvalue weighted by molar-refractivity contribution is -0.121. The third-order valence-corrected chi connectivity index (χ3v) is 10.9. The second-order valence-electron chi connectivity index (χ2n) is 10.5. The third-order valence-electron chi connectivity index (χ3n) is 7.33. The summed E-state index contributed by atoms with van der Waals surface area (Å²) < 4.78 is 0. The standard InChI is InChI=1S/C23H33N5O2Si/c1-15-8-10-16(11-9-15)24-21(30)28-14-17-18(22(28,2)3)26-27-19(17)25-20(29)23(12-7-13-23)31(4,5)6/h8-11H,7,12-14H2,1-6H3,(H,24,30)(H2,25,26,27,29)/q-1. The third kappa shape index (κ3) is 3.46. The second-order valence-corrected chi connectivity index (χ2v) is 16.0. The van der Waals surface area contributed by atoms with Gasteiger partial charge in [-0.05, 0) is 32.9 Å². The van der Waals surface area contributed by atoms with Crippen molar-refractivity contribution in [3.63, 3.8) is 0 Å². The van der Waals surface area contributed by atoms with Gasteiger partial charge < -0.3 is 15.5 Å². The van der Waals surface area contributed by atoms with Crippen LogP contribution in [0.5, 0.6) is 0 Å². The van der Waals surface area contributed by atoms with E-state index in [2.05, 4.69) is 40.5 Å². The van der Waals surface area contributed by atoms with Crippen molar-refractivity contribution in [3.8, 4) is 0 Å². The van der Waals surface area contributed by atoms with E-state index in [9.17, 15) is 9.59 Å². The SMILES string of the molecule is Cc1ccc(NC(=O)N2Cc3c(NC(=O)C4([Si-](C)(C)C)CCC4)n[nH]c3C2(C)C)cc1. The molecule has 0 radical (unpaired) electrons. The van der Waals surface area contributed by atoms with Crippen LogP contribution in [0, 0.1) is 6.92 Å². The number of H-pyrrole nitrogens is 1. The Morgan fingerprint density at radius 2 is 1.74 bits per heavy atom. The molecule has 8 heteroatoms. The maximum absolute atomic E-state index is 13.3. The molecule has 167 valence electrons. The number of carbonyl (C=O) groups excluding carboxylic acids is 2. The van der Waals surface area contributed by atoms with Crippen molar-refractivity contribution in [1.29, 1.82) is 0 Å². The molecule has 3 N–H and O–H groups in total. The Morgan fingerprint density at radius 1 is 1.10 bits per heavy atom. The number of urea groups is 1. The van der Waals surface area contributed by atoms with Gasteiger partial charge in [-0.25, -0.2) is 4.79 Å². The Morgan fingerprint density at radius 3 is 2.29 bits per heavy atom. The van der Waals surface area contributed by atoms with Crippen molar-refractivity contribution in [2.45, 2.75) is 76.8 Å². The fourth-order valence-electron chi connectivity index (χ4n) is 4.85. The molecule has 1 saturated carbocycles. The van der Waals surface area contributed by atoms with Gasteiger partial charge in [-0.2, -0.15) is 24.7 Å². The molecule has 2 aromatic rings. The zero-order valence-electron chi connectivity index (χ0n) is 19.3. The summed E-state index contributed by atoms with van der Waals surface area (Å²) in [6.07, 6.45) is 3.02. The molecule has 0 saturated heterocycles. The summed E-state index contributed by atoms with van der Waals surface area (Å²) in [6.45, 7) is 13.2. The zero-order chi connectivity index (χ0) is 22.6. The molecule has 7 nitrogen and oxygen atoms in total. The smallest absolute Gasteiger partial charge is 0.311 e. The molecule has 4 rings (SSSR count). The monoisotopic (exact) mass is 439 g/mol. The lowest BCUT2D eigenvalue weighted by Gasteiger charge is -2.57. The average molecular weight is 440 g/mol. The van der Waals surface area contributed by atoms with Crippen molar-refractivity contribution in [2.24, 2.45) is 0 Å². The summed E-state index contributed by atoms with van der Waals surface area (Å²) in [5.41, 5.74) is 3.10. The molecular weight excluding hydrogens is 406 g/mol. The van der Waals surface area contributed by atoms with E-state index < -0.39 is 13.6 Å². The van der Waals surface area contributed by atoms with Gasteiger partial charge >= 0.3 is 6.03 Å². The Labute approximate surface area is 185 Å². The highest BCUT2D eigenvalue weighted by atomic mass is 28.3. The quantitative estimate of drug-likeness (QED) is 0.572. The van der Waals surface area contributed by atoms with Gasteiger partial charge in [0, 0.05) is 11.3 Å². The van der Waals surface area contributed by atoms with Gasteiger partial charge in [-0.15, -0.1) is 8.07 Å². The Bertz CT molecular complexity index is 1020. The number of nitrogens with zero attached hydrogens (tertiary/aromatic N) is 2. The largest absolute Gasteiger partial charge is 0.322 e.